The van der Waals surface area contributed by atoms with Crippen LogP contribution < -0.4 is 5.32 Å². The van der Waals surface area contributed by atoms with Crippen LogP contribution in [0.25, 0.3) is 16.8 Å². The van der Waals surface area contributed by atoms with Gasteiger partial charge in [-0.05, 0) is 85.4 Å². The molecule has 1 amide bonds. The lowest BCUT2D eigenvalue weighted by atomic mass is 10.0. The smallest absolute Gasteiger partial charge is 0.336 e. The Balaban J connectivity index is 1.43. The van der Waals surface area contributed by atoms with Gasteiger partial charge in [0.25, 0.3) is 5.91 Å². The molecule has 2 unspecified atom stereocenters. The second-order valence-electron chi connectivity index (χ2n) is 10.8. The maximum atomic E-state index is 12.9. The molecule has 8 nitrogen and oxygen atoms in total. The molecule has 8 heteroatoms. The molecule has 0 aliphatic heterocycles. The van der Waals surface area contributed by atoms with Gasteiger partial charge in [0.05, 0.1) is 0 Å². The van der Waals surface area contributed by atoms with Crippen LogP contribution in [0, 0.1) is 13.8 Å². The number of allylic oxidation sites excluding steroid dienone is 1. The number of carbonyl (C=O) groups is 3. The van der Waals surface area contributed by atoms with E-state index in [2.05, 4.69) is 79.8 Å². The van der Waals surface area contributed by atoms with Crippen molar-refractivity contribution < 1.29 is 34.1 Å². The highest BCUT2D eigenvalue weighted by Gasteiger charge is 2.36. The Morgan fingerprint density at radius 3 is 2.35 bits per heavy atom. The molecule has 3 aromatic carbocycles. The van der Waals surface area contributed by atoms with E-state index in [-0.39, 0.29) is 6.61 Å². The van der Waals surface area contributed by atoms with E-state index in [0.717, 1.165) is 37.7 Å². The van der Waals surface area contributed by atoms with Gasteiger partial charge in [-0.2, -0.15) is 0 Å². The van der Waals surface area contributed by atoms with Crippen molar-refractivity contribution in [2.75, 3.05) is 19.8 Å². The number of rotatable bonds is 19. The van der Waals surface area contributed by atoms with Gasteiger partial charge in [0.1, 0.15) is 6.61 Å². The maximum Gasteiger partial charge on any atom is 0.336 e. The molecule has 3 aromatic rings. The van der Waals surface area contributed by atoms with E-state index in [9.17, 15) is 19.5 Å². The van der Waals surface area contributed by atoms with Gasteiger partial charge in [-0.25, -0.2) is 9.59 Å². The number of aliphatic carboxylic acids is 2. The van der Waals surface area contributed by atoms with E-state index in [1.54, 1.807) is 0 Å². The second kappa shape index (κ2) is 17.8. The number of hydrogen-bond donors (Lipinski definition) is 3. The molecule has 0 bridgehead atoms. The normalized spacial score (nSPS) is 12.8. The monoisotopic (exact) mass is 589 g/mol. The summed E-state index contributed by atoms with van der Waals surface area (Å²) >= 11 is 0. The molecular weight excluding hydrogens is 546 g/mol. The van der Waals surface area contributed by atoms with Gasteiger partial charge in [0, 0.05) is 13.2 Å². The number of nitrogens with one attached hydrogen (secondary N) is 1. The number of carboxylic acid groups (broad SMARTS) is 2. The van der Waals surface area contributed by atoms with E-state index in [1.807, 2.05) is 12.1 Å². The van der Waals surface area contributed by atoms with Crippen LogP contribution in [0.15, 0.2) is 66.7 Å². The Morgan fingerprint density at radius 1 is 0.814 bits per heavy atom. The SMILES string of the molecule is Cc1ccc(/C=C\CCCCOC(C(=O)NCCCCCc2ccc3ccccc3c2)C(OCC(=O)O)C(=O)O)cc1C. The van der Waals surface area contributed by atoms with E-state index >= 15 is 0 Å². The molecule has 0 aliphatic rings. The van der Waals surface area contributed by atoms with Crippen LogP contribution in [-0.4, -0.2) is 60.0 Å². The van der Waals surface area contributed by atoms with Crippen LogP contribution in [0.1, 0.15) is 60.8 Å². The Morgan fingerprint density at radius 2 is 1.60 bits per heavy atom. The molecule has 43 heavy (non-hydrogen) atoms. The summed E-state index contributed by atoms with van der Waals surface area (Å²) in [5.74, 6) is -3.40. The predicted octanol–water partition coefficient (Wildman–Crippen LogP) is 6.11. The molecule has 0 saturated carbocycles. The van der Waals surface area contributed by atoms with E-state index in [1.165, 1.54) is 27.5 Å². The van der Waals surface area contributed by atoms with Gasteiger partial charge in [0.2, 0.25) is 0 Å². The fraction of sp³-hybridized carbons (Fsp3) is 0.400. The minimum absolute atomic E-state index is 0.140. The third kappa shape index (κ3) is 11.7. The van der Waals surface area contributed by atoms with Crippen molar-refractivity contribution in [3.05, 3.63) is 89.0 Å². The van der Waals surface area contributed by atoms with Gasteiger partial charge in [-0.3, -0.25) is 4.79 Å². The van der Waals surface area contributed by atoms with Gasteiger partial charge in [-0.15, -0.1) is 0 Å². The van der Waals surface area contributed by atoms with Crippen LogP contribution in [0.4, 0.5) is 0 Å². The summed E-state index contributed by atoms with van der Waals surface area (Å²) < 4.78 is 10.7. The lowest BCUT2D eigenvalue weighted by Gasteiger charge is -2.23. The van der Waals surface area contributed by atoms with Crippen LogP contribution in [0.5, 0.6) is 0 Å². The standard InChI is InChI=1S/C35H43NO7/c1-25-16-17-27(22-26(25)2)12-6-3-4-11-21-42-32(33(35(40)41)43-24-31(37)38)34(39)36-20-10-5-7-13-28-18-19-29-14-8-9-15-30(29)23-28/h6,8-9,12,14-19,22-23,32-33H,3-5,7,10-11,13,20-21,24H2,1-2H3,(H,36,39)(H,37,38)(H,40,41)/b12-6-. The predicted molar refractivity (Wildman–Crippen MR) is 168 cm³/mol. The molecule has 0 radical (unpaired) electrons. The number of unbranched alkanes of at least 4 members (excludes halogenated alkanes) is 4. The van der Waals surface area contributed by atoms with Gasteiger partial charge in [-0.1, -0.05) is 79.2 Å². The molecule has 0 spiro atoms. The molecule has 0 heterocycles. The third-order valence-electron chi connectivity index (χ3n) is 7.32. The maximum absolute atomic E-state index is 12.9. The van der Waals surface area contributed by atoms with E-state index < -0.39 is 36.7 Å². The summed E-state index contributed by atoms with van der Waals surface area (Å²) in [6.45, 7) is 3.80. The van der Waals surface area contributed by atoms with Crippen LogP contribution in [0.2, 0.25) is 0 Å². The third-order valence-corrected chi connectivity index (χ3v) is 7.32. The molecular formula is C35H43NO7. The summed E-state index contributed by atoms with van der Waals surface area (Å²) in [5, 5.41) is 23.8. The van der Waals surface area contributed by atoms with Crippen molar-refractivity contribution in [2.45, 2.75) is 71.0 Å². The lowest BCUT2D eigenvalue weighted by Crippen LogP contribution is -2.49. The molecule has 0 saturated heterocycles. The second-order valence-corrected chi connectivity index (χ2v) is 10.8. The summed E-state index contributed by atoms with van der Waals surface area (Å²) in [6.07, 6.45) is 6.59. The fourth-order valence-corrected chi connectivity index (χ4v) is 4.75. The Bertz CT molecular complexity index is 1380. The quantitative estimate of drug-likeness (QED) is 0.144. The van der Waals surface area contributed by atoms with Crippen LogP contribution >= 0.6 is 0 Å². The molecule has 0 fully saturated rings. The number of fused-ring (bicyclic) bond motifs is 1. The first-order valence-corrected chi connectivity index (χ1v) is 14.9. The van der Waals surface area contributed by atoms with Crippen LogP contribution in [-0.2, 0) is 30.3 Å². The molecule has 2 atom stereocenters. The topological polar surface area (TPSA) is 122 Å². The highest BCUT2D eigenvalue weighted by atomic mass is 16.6. The minimum atomic E-state index is -1.73. The minimum Gasteiger partial charge on any atom is -0.480 e. The van der Waals surface area contributed by atoms with Gasteiger partial charge >= 0.3 is 11.9 Å². The van der Waals surface area contributed by atoms with Gasteiger partial charge < -0.3 is 25.0 Å². The van der Waals surface area contributed by atoms with Crippen molar-refractivity contribution in [1.82, 2.24) is 5.32 Å². The summed E-state index contributed by atoms with van der Waals surface area (Å²) in [6, 6.07) is 21.0. The molecule has 230 valence electrons. The number of carbonyl (C=O) groups excluding carboxylic acids is 1. The van der Waals surface area contributed by atoms with Crippen LogP contribution in [0.3, 0.4) is 0 Å². The molecule has 3 rings (SSSR count). The van der Waals surface area contributed by atoms with Crippen molar-refractivity contribution in [3.63, 3.8) is 0 Å². The van der Waals surface area contributed by atoms with Crippen molar-refractivity contribution in [3.8, 4) is 0 Å². The fourth-order valence-electron chi connectivity index (χ4n) is 4.75. The van der Waals surface area contributed by atoms with Crippen molar-refractivity contribution in [1.29, 1.82) is 0 Å². The largest absolute Gasteiger partial charge is 0.480 e. The number of benzene rings is 3. The number of hydrogen-bond acceptors (Lipinski definition) is 5. The zero-order valence-electron chi connectivity index (χ0n) is 25.1. The average Bonchev–Trinajstić information content (AvgIpc) is 2.98. The van der Waals surface area contributed by atoms with Gasteiger partial charge in [0.15, 0.2) is 12.2 Å². The lowest BCUT2D eigenvalue weighted by molar-refractivity contribution is -0.172. The summed E-state index contributed by atoms with van der Waals surface area (Å²) in [5.41, 5.74) is 4.87. The zero-order chi connectivity index (χ0) is 31.0. The summed E-state index contributed by atoms with van der Waals surface area (Å²) in [7, 11) is 0. The Labute approximate surface area is 253 Å². The Kier molecular flexibility index (Phi) is 13.9. The molecule has 3 N–H and O–H groups in total. The van der Waals surface area contributed by atoms with Crippen molar-refractivity contribution >= 4 is 34.7 Å². The zero-order valence-corrected chi connectivity index (χ0v) is 25.1. The highest BCUT2D eigenvalue weighted by Crippen LogP contribution is 2.17. The number of amides is 1. The Hall–Kier alpha value is -4.01. The molecule has 0 aromatic heterocycles. The average molecular weight is 590 g/mol. The van der Waals surface area contributed by atoms with E-state index in [0.29, 0.717) is 19.4 Å². The number of aryl methyl sites for hydroxylation is 3. The number of ether oxygens (including phenoxy) is 2. The first kappa shape index (κ1) is 33.5. The highest BCUT2D eigenvalue weighted by molar-refractivity contribution is 5.88. The molecule has 0 aliphatic carbocycles. The summed E-state index contributed by atoms with van der Waals surface area (Å²) in [4.78, 5) is 35.8. The first-order chi connectivity index (χ1) is 20.7. The first-order valence-electron chi connectivity index (χ1n) is 14.9. The van der Waals surface area contributed by atoms with Crippen molar-refractivity contribution in [2.24, 2.45) is 0 Å². The number of carboxylic acids is 2. The van der Waals surface area contributed by atoms with E-state index in [4.69, 9.17) is 14.6 Å².